The molecule has 0 amide bonds. The first-order chi connectivity index (χ1) is 14.1. The van der Waals surface area contributed by atoms with Crippen molar-refractivity contribution >= 4 is 5.57 Å². The summed E-state index contributed by atoms with van der Waals surface area (Å²) in [7, 11) is 0. The molecule has 0 heteroatoms. The molecule has 0 fully saturated rings. The average molecular weight is 399 g/mol. The van der Waals surface area contributed by atoms with E-state index < -0.39 is 0 Å². The van der Waals surface area contributed by atoms with Crippen molar-refractivity contribution in [3.05, 3.63) is 75.4 Å². The Labute approximate surface area is 184 Å². The molecule has 0 bridgehead atoms. The quantitative estimate of drug-likeness (QED) is 0.413. The molecule has 0 saturated carbocycles. The molecule has 2 aromatic carbocycles. The van der Waals surface area contributed by atoms with Gasteiger partial charge in [-0.15, -0.1) is 0 Å². The van der Waals surface area contributed by atoms with Crippen LogP contribution < -0.4 is 0 Å². The van der Waals surface area contributed by atoms with Crippen LogP contribution in [-0.2, 0) is 17.3 Å². The highest BCUT2D eigenvalue weighted by Crippen LogP contribution is 2.48. The van der Waals surface area contributed by atoms with E-state index in [0.717, 1.165) is 25.7 Å². The van der Waals surface area contributed by atoms with Crippen molar-refractivity contribution < 1.29 is 0 Å². The van der Waals surface area contributed by atoms with E-state index in [1.54, 1.807) is 27.8 Å². The molecule has 0 heterocycles. The number of rotatable bonds is 3. The Kier molecular flexibility index (Phi) is 5.12. The van der Waals surface area contributed by atoms with Gasteiger partial charge < -0.3 is 0 Å². The topological polar surface area (TPSA) is 0 Å². The van der Waals surface area contributed by atoms with E-state index in [1.165, 1.54) is 27.8 Å². The van der Waals surface area contributed by atoms with Gasteiger partial charge in [-0.25, -0.2) is 0 Å². The summed E-state index contributed by atoms with van der Waals surface area (Å²) in [6.45, 7) is 18.7. The Balaban J connectivity index is 1.95. The third kappa shape index (κ3) is 3.39. The second-order valence-electron chi connectivity index (χ2n) is 11.2. The SMILES string of the molecule is CCC1=CCC(c2c(C(C)(C)C)ccc3c2Cc2cc(C(C)(C)C)ccc2-3)=C1CC. The zero-order valence-electron chi connectivity index (χ0n) is 20.3. The Morgan fingerprint density at radius 2 is 1.50 bits per heavy atom. The van der Waals surface area contributed by atoms with Crippen molar-refractivity contribution in [3.63, 3.8) is 0 Å². The molecule has 0 radical (unpaired) electrons. The molecule has 4 rings (SSSR count). The van der Waals surface area contributed by atoms with Gasteiger partial charge in [-0.2, -0.15) is 0 Å². The number of hydrogen-bond acceptors (Lipinski definition) is 0. The summed E-state index contributed by atoms with van der Waals surface area (Å²) in [6, 6.07) is 12.0. The van der Waals surface area contributed by atoms with E-state index in [-0.39, 0.29) is 10.8 Å². The summed E-state index contributed by atoms with van der Waals surface area (Å²) in [4.78, 5) is 0. The van der Waals surface area contributed by atoms with E-state index >= 15 is 0 Å². The van der Waals surface area contributed by atoms with Crippen molar-refractivity contribution in [2.24, 2.45) is 0 Å². The van der Waals surface area contributed by atoms with Crippen LogP contribution in [0.25, 0.3) is 16.7 Å². The zero-order chi connectivity index (χ0) is 21.8. The van der Waals surface area contributed by atoms with Gasteiger partial charge in [-0.05, 0) is 92.2 Å². The van der Waals surface area contributed by atoms with Gasteiger partial charge in [0.1, 0.15) is 0 Å². The van der Waals surface area contributed by atoms with Crippen LogP contribution >= 0.6 is 0 Å². The Hall–Kier alpha value is -2.08. The molecule has 0 unspecified atom stereocenters. The largest absolute Gasteiger partial charge is 0.0766 e. The van der Waals surface area contributed by atoms with Gasteiger partial charge in [-0.1, -0.05) is 91.8 Å². The van der Waals surface area contributed by atoms with Crippen LogP contribution in [0.3, 0.4) is 0 Å². The fourth-order valence-electron chi connectivity index (χ4n) is 5.43. The van der Waals surface area contributed by atoms with Gasteiger partial charge in [0.05, 0.1) is 0 Å². The molecule has 0 spiro atoms. The van der Waals surface area contributed by atoms with Gasteiger partial charge in [0.25, 0.3) is 0 Å². The number of allylic oxidation sites excluding steroid dienone is 4. The fourth-order valence-corrected chi connectivity index (χ4v) is 5.43. The second kappa shape index (κ2) is 7.26. The summed E-state index contributed by atoms with van der Waals surface area (Å²) in [5.74, 6) is 0. The van der Waals surface area contributed by atoms with Crippen molar-refractivity contribution in [2.75, 3.05) is 0 Å². The van der Waals surface area contributed by atoms with Gasteiger partial charge in [0.2, 0.25) is 0 Å². The van der Waals surface area contributed by atoms with Crippen LogP contribution in [0.4, 0.5) is 0 Å². The summed E-state index contributed by atoms with van der Waals surface area (Å²) < 4.78 is 0. The first kappa shape index (κ1) is 21.2. The summed E-state index contributed by atoms with van der Waals surface area (Å²) in [5.41, 5.74) is 15.6. The minimum atomic E-state index is 0.135. The molecule has 0 atom stereocenters. The van der Waals surface area contributed by atoms with E-state index in [0.29, 0.717) is 0 Å². The summed E-state index contributed by atoms with van der Waals surface area (Å²) in [6.07, 6.45) is 6.91. The molecular weight excluding hydrogens is 360 g/mol. The third-order valence-corrected chi connectivity index (χ3v) is 7.09. The predicted molar refractivity (Wildman–Crippen MR) is 132 cm³/mol. The third-order valence-electron chi connectivity index (χ3n) is 7.09. The van der Waals surface area contributed by atoms with Crippen LogP contribution in [0.5, 0.6) is 0 Å². The van der Waals surface area contributed by atoms with Crippen molar-refractivity contribution in [2.45, 2.75) is 91.9 Å². The lowest BCUT2D eigenvalue weighted by molar-refractivity contribution is 0.587. The summed E-state index contributed by atoms with van der Waals surface area (Å²) in [5, 5.41) is 0. The molecule has 0 aromatic heterocycles. The fraction of sp³-hybridized carbons (Fsp3) is 0.467. The van der Waals surface area contributed by atoms with Gasteiger partial charge in [0, 0.05) is 0 Å². The highest BCUT2D eigenvalue weighted by atomic mass is 14.3. The lowest BCUT2D eigenvalue weighted by Gasteiger charge is -2.27. The number of benzene rings is 2. The molecule has 2 aliphatic carbocycles. The first-order valence-corrected chi connectivity index (χ1v) is 11.8. The van der Waals surface area contributed by atoms with Gasteiger partial charge >= 0.3 is 0 Å². The maximum absolute atomic E-state index is 2.49. The average Bonchev–Trinajstić information content (AvgIpc) is 3.25. The molecule has 0 N–H and O–H groups in total. The Morgan fingerprint density at radius 1 is 0.800 bits per heavy atom. The normalized spacial score (nSPS) is 16.1. The smallest absolute Gasteiger partial charge is 0.000719 e. The number of fused-ring (bicyclic) bond motifs is 3. The minimum Gasteiger partial charge on any atom is -0.0766 e. The lowest BCUT2D eigenvalue weighted by atomic mass is 9.77. The Morgan fingerprint density at radius 3 is 2.10 bits per heavy atom. The maximum Gasteiger partial charge on any atom is -0.000719 e. The van der Waals surface area contributed by atoms with E-state index in [4.69, 9.17) is 0 Å². The van der Waals surface area contributed by atoms with Crippen molar-refractivity contribution in [1.29, 1.82) is 0 Å². The monoisotopic (exact) mass is 398 g/mol. The van der Waals surface area contributed by atoms with Gasteiger partial charge in [-0.3, -0.25) is 0 Å². The van der Waals surface area contributed by atoms with Crippen LogP contribution in [0.1, 0.15) is 102 Å². The van der Waals surface area contributed by atoms with Crippen molar-refractivity contribution in [3.8, 4) is 11.1 Å². The van der Waals surface area contributed by atoms with E-state index in [2.05, 4.69) is 91.8 Å². The van der Waals surface area contributed by atoms with Crippen LogP contribution in [0.2, 0.25) is 0 Å². The number of hydrogen-bond donors (Lipinski definition) is 0. The van der Waals surface area contributed by atoms with Crippen LogP contribution in [0, 0.1) is 0 Å². The van der Waals surface area contributed by atoms with E-state index in [1.807, 2.05) is 0 Å². The summed E-state index contributed by atoms with van der Waals surface area (Å²) >= 11 is 0. The molecule has 0 nitrogen and oxygen atoms in total. The molecule has 30 heavy (non-hydrogen) atoms. The Bertz CT molecular complexity index is 1060. The second-order valence-corrected chi connectivity index (χ2v) is 11.2. The van der Waals surface area contributed by atoms with E-state index in [9.17, 15) is 0 Å². The van der Waals surface area contributed by atoms with Crippen molar-refractivity contribution in [1.82, 2.24) is 0 Å². The molecule has 2 aromatic rings. The minimum absolute atomic E-state index is 0.135. The molecular formula is C30H38. The van der Waals surface area contributed by atoms with Crippen LogP contribution in [-0.4, -0.2) is 0 Å². The van der Waals surface area contributed by atoms with Gasteiger partial charge in [0.15, 0.2) is 0 Å². The van der Waals surface area contributed by atoms with Crippen LogP contribution in [0.15, 0.2) is 47.6 Å². The zero-order valence-corrected chi connectivity index (χ0v) is 20.3. The molecule has 0 aliphatic heterocycles. The predicted octanol–water partition coefficient (Wildman–Crippen LogP) is 8.76. The highest BCUT2D eigenvalue weighted by Gasteiger charge is 2.31. The highest BCUT2D eigenvalue weighted by molar-refractivity contribution is 5.88. The molecule has 158 valence electrons. The standard InChI is InChI=1S/C30H38/c1-9-19-11-13-25(22(19)10-2)28-26-18-20-17-21(29(3,4)5)12-14-23(20)24(26)15-16-27(28)30(6,7)8/h11-12,14-17H,9-10,13,18H2,1-8H3. The first-order valence-electron chi connectivity index (χ1n) is 11.8. The maximum atomic E-state index is 2.49. The lowest BCUT2D eigenvalue weighted by Crippen LogP contribution is -2.15. The molecule has 0 saturated heterocycles. The molecule has 2 aliphatic rings.